The summed E-state index contributed by atoms with van der Waals surface area (Å²) in [5, 5.41) is 0. The molecule has 0 aromatic heterocycles. The van der Waals surface area contributed by atoms with Crippen LogP contribution in [0.2, 0.25) is 0 Å². The van der Waals surface area contributed by atoms with Crippen molar-refractivity contribution in [3.8, 4) is 0 Å². The number of rotatable bonds is 2. The molecular formula is C17H20O. The molecule has 1 aliphatic rings. The van der Waals surface area contributed by atoms with Crippen molar-refractivity contribution in [2.45, 2.75) is 34.1 Å². The van der Waals surface area contributed by atoms with Gasteiger partial charge in [0.2, 0.25) is 0 Å². The predicted molar refractivity (Wildman–Crippen MR) is 75.7 cm³/mol. The molecule has 0 radical (unpaired) electrons. The number of hydrogen-bond acceptors (Lipinski definition) is 1. The fraction of sp³-hybridized carbons (Fsp3) is 0.353. The second kappa shape index (κ2) is 4.56. The maximum atomic E-state index is 12.5. The van der Waals surface area contributed by atoms with Crippen molar-refractivity contribution in [2.24, 2.45) is 5.41 Å². The van der Waals surface area contributed by atoms with Crippen LogP contribution >= 0.6 is 0 Å². The van der Waals surface area contributed by atoms with Gasteiger partial charge in [-0.25, -0.2) is 0 Å². The molecule has 0 bridgehead atoms. The van der Waals surface area contributed by atoms with E-state index in [1.807, 2.05) is 37.3 Å². The van der Waals surface area contributed by atoms with Gasteiger partial charge in [-0.15, -0.1) is 0 Å². The minimum atomic E-state index is 0.0857. The van der Waals surface area contributed by atoms with E-state index in [4.69, 9.17) is 0 Å². The van der Waals surface area contributed by atoms with Crippen LogP contribution < -0.4 is 0 Å². The van der Waals surface area contributed by atoms with Crippen LogP contribution in [0.3, 0.4) is 0 Å². The van der Waals surface area contributed by atoms with Crippen molar-refractivity contribution >= 4 is 5.78 Å². The highest BCUT2D eigenvalue weighted by Gasteiger charge is 2.27. The Labute approximate surface area is 109 Å². The van der Waals surface area contributed by atoms with E-state index in [9.17, 15) is 4.79 Å². The number of ketones is 1. The molecule has 0 unspecified atom stereocenters. The maximum absolute atomic E-state index is 12.5. The molecule has 1 heteroatoms. The van der Waals surface area contributed by atoms with Crippen LogP contribution in [0.4, 0.5) is 0 Å². The molecule has 0 fully saturated rings. The topological polar surface area (TPSA) is 17.1 Å². The van der Waals surface area contributed by atoms with Crippen LogP contribution in [-0.2, 0) is 0 Å². The zero-order valence-electron chi connectivity index (χ0n) is 11.6. The van der Waals surface area contributed by atoms with E-state index < -0.39 is 0 Å². The Hall–Kier alpha value is -1.63. The fourth-order valence-electron chi connectivity index (χ4n) is 2.28. The molecule has 1 nitrogen and oxygen atoms in total. The summed E-state index contributed by atoms with van der Waals surface area (Å²) >= 11 is 0. The van der Waals surface area contributed by atoms with Crippen molar-refractivity contribution in [3.63, 3.8) is 0 Å². The highest BCUT2D eigenvalue weighted by atomic mass is 16.1. The average molecular weight is 240 g/mol. The second-order valence-electron chi connectivity index (χ2n) is 5.75. The van der Waals surface area contributed by atoms with Gasteiger partial charge in [0, 0.05) is 11.1 Å². The fourth-order valence-corrected chi connectivity index (χ4v) is 2.28. The van der Waals surface area contributed by atoms with Gasteiger partial charge in [-0.05, 0) is 31.2 Å². The van der Waals surface area contributed by atoms with Crippen LogP contribution in [0.25, 0.3) is 0 Å². The molecular weight excluding hydrogens is 220 g/mol. The number of hydrogen-bond donors (Lipinski definition) is 0. The van der Waals surface area contributed by atoms with Crippen molar-refractivity contribution in [2.75, 3.05) is 0 Å². The first kappa shape index (κ1) is 12.8. The summed E-state index contributed by atoms with van der Waals surface area (Å²) in [7, 11) is 0. The first-order chi connectivity index (χ1) is 8.42. The molecule has 94 valence electrons. The molecule has 0 aliphatic heterocycles. The molecule has 0 amide bonds. The van der Waals surface area contributed by atoms with Crippen LogP contribution in [0.5, 0.6) is 0 Å². The molecule has 1 aromatic rings. The summed E-state index contributed by atoms with van der Waals surface area (Å²) in [4.78, 5) is 12.5. The quantitative estimate of drug-likeness (QED) is 0.696. The third-order valence-corrected chi connectivity index (χ3v) is 3.92. The highest BCUT2D eigenvalue weighted by molar-refractivity contribution is 6.10. The molecule has 0 N–H and O–H groups in total. The lowest BCUT2D eigenvalue weighted by atomic mass is 9.74. The first-order valence-corrected chi connectivity index (χ1v) is 6.40. The molecule has 2 rings (SSSR count). The monoisotopic (exact) mass is 240 g/mol. The largest absolute Gasteiger partial charge is 0.289 e. The Morgan fingerprint density at radius 1 is 1.11 bits per heavy atom. The molecule has 0 spiro atoms. The van der Waals surface area contributed by atoms with Gasteiger partial charge in [-0.3, -0.25) is 4.79 Å². The van der Waals surface area contributed by atoms with Gasteiger partial charge in [0.15, 0.2) is 5.78 Å². The number of aryl methyl sites for hydroxylation is 1. The summed E-state index contributed by atoms with van der Waals surface area (Å²) in [5.41, 5.74) is 4.21. The summed E-state index contributed by atoms with van der Waals surface area (Å²) < 4.78 is 0. The molecule has 1 aromatic carbocycles. The molecule has 0 atom stereocenters. The van der Waals surface area contributed by atoms with Crippen LogP contribution in [0.15, 0.2) is 47.6 Å². The van der Waals surface area contributed by atoms with E-state index >= 15 is 0 Å². The van der Waals surface area contributed by atoms with Gasteiger partial charge in [0.05, 0.1) is 0 Å². The lowest BCUT2D eigenvalue weighted by molar-refractivity contribution is 0.102. The summed E-state index contributed by atoms with van der Waals surface area (Å²) in [6, 6.07) is 7.80. The molecule has 18 heavy (non-hydrogen) atoms. The van der Waals surface area contributed by atoms with Gasteiger partial charge in [0.25, 0.3) is 0 Å². The maximum Gasteiger partial charge on any atom is 0.189 e. The van der Waals surface area contributed by atoms with E-state index in [2.05, 4.69) is 26.8 Å². The van der Waals surface area contributed by atoms with Crippen LogP contribution in [0, 0.1) is 12.3 Å². The molecule has 0 heterocycles. The highest BCUT2D eigenvalue weighted by Crippen LogP contribution is 2.37. The molecule has 0 saturated carbocycles. The summed E-state index contributed by atoms with van der Waals surface area (Å²) in [5.74, 6) is 0.171. The Morgan fingerprint density at radius 3 is 2.39 bits per heavy atom. The van der Waals surface area contributed by atoms with Crippen LogP contribution in [0.1, 0.15) is 43.1 Å². The van der Waals surface area contributed by atoms with Crippen molar-refractivity contribution in [3.05, 3.63) is 58.7 Å². The third-order valence-electron chi connectivity index (χ3n) is 3.92. The first-order valence-electron chi connectivity index (χ1n) is 6.40. The van der Waals surface area contributed by atoms with E-state index in [0.29, 0.717) is 0 Å². The Kier molecular flexibility index (Phi) is 3.25. The normalized spacial score (nSPS) is 18.0. The number of allylic oxidation sites excluding steroid dienone is 4. The number of Topliss-reactive ketones (excluding diaryl/α,β-unsaturated/α-hetero) is 1. The van der Waals surface area contributed by atoms with Crippen LogP contribution in [-0.4, -0.2) is 5.78 Å². The standard InChI is InChI=1S/C17H20O/c1-12-7-5-6-8-15(12)16(18)14-10-9-13(2)17(3,4)11-14/h5-10H,11H2,1-4H3. The smallest absolute Gasteiger partial charge is 0.189 e. The zero-order valence-corrected chi connectivity index (χ0v) is 11.6. The van der Waals surface area contributed by atoms with Gasteiger partial charge in [-0.2, -0.15) is 0 Å². The van der Waals surface area contributed by atoms with Gasteiger partial charge in [-0.1, -0.05) is 55.8 Å². The zero-order chi connectivity index (χ0) is 13.3. The van der Waals surface area contributed by atoms with Gasteiger partial charge >= 0.3 is 0 Å². The number of carbonyl (C=O) groups is 1. The van der Waals surface area contributed by atoms with E-state index in [0.717, 1.165) is 23.1 Å². The summed E-state index contributed by atoms with van der Waals surface area (Å²) in [6.07, 6.45) is 4.88. The lowest BCUT2D eigenvalue weighted by Gasteiger charge is -2.30. The van der Waals surface area contributed by atoms with E-state index in [1.165, 1.54) is 5.57 Å². The van der Waals surface area contributed by atoms with Gasteiger partial charge < -0.3 is 0 Å². The second-order valence-corrected chi connectivity index (χ2v) is 5.75. The van der Waals surface area contributed by atoms with E-state index in [-0.39, 0.29) is 11.2 Å². The SMILES string of the molecule is CC1=CC=C(C(=O)c2ccccc2C)CC1(C)C. The Morgan fingerprint density at radius 2 is 1.78 bits per heavy atom. The lowest BCUT2D eigenvalue weighted by Crippen LogP contribution is -2.20. The molecule has 0 saturated heterocycles. The minimum Gasteiger partial charge on any atom is -0.289 e. The number of carbonyl (C=O) groups excluding carboxylic acids is 1. The summed E-state index contributed by atoms with van der Waals surface area (Å²) in [6.45, 7) is 8.50. The van der Waals surface area contributed by atoms with Gasteiger partial charge in [0.1, 0.15) is 0 Å². The Bertz CT molecular complexity index is 544. The van der Waals surface area contributed by atoms with Crippen molar-refractivity contribution in [1.82, 2.24) is 0 Å². The minimum absolute atomic E-state index is 0.0857. The van der Waals surface area contributed by atoms with Crippen molar-refractivity contribution < 1.29 is 4.79 Å². The molecule has 1 aliphatic carbocycles. The Balaban J connectivity index is 2.35. The predicted octanol–water partition coefficient (Wildman–Crippen LogP) is 4.48. The number of benzene rings is 1. The van der Waals surface area contributed by atoms with E-state index in [1.54, 1.807) is 0 Å². The van der Waals surface area contributed by atoms with Crippen molar-refractivity contribution in [1.29, 1.82) is 0 Å². The average Bonchev–Trinajstić information content (AvgIpc) is 2.32. The third kappa shape index (κ3) is 2.31.